The van der Waals surface area contributed by atoms with E-state index in [0.717, 1.165) is 19.4 Å². The van der Waals surface area contributed by atoms with E-state index in [9.17, 15) is 5.11 Å². The zero-order valence-corrected chi connectivity index (χ0v) is 9.47. The van der Waals surface area contributed by atoms with Crippen molar-refractivity contribution in [1.29, 1.82) is 0 Å². The zero-order chi connectivity index (χ0) is 10.2. The molecule has 1 rings (SSSR count). The smallest absolute Gasteiger partial charge is 0.0693 e. The first-order valence-corrected chi connectivity index (χ1v) is 6.26. The summed E-state index contributed by atoms with van der Waals surface area (Å²) in [7, 11) is 0. The Morgan fingerprint density at radius 2 is 1.93 bits per heavy atom. The molecular formula is C12H25NO. The van der Waals surface area contributed by atoms with Crippen LogP contribution >= 0.6 is 0 Å². The standard InChI is InChI=1S/C12H25NO/c1-2-3-4-5-6-10-13-11-8-7-9-12(11)14/h11-14H,2-10H2,1H3/t11-,12-/m1/s1. The molecule has 0 bridgehead atoms. The van der Waals surface area contributed by atoms with Gasteiger partial charge in [-0.3, -0.25) is 0 Å². The Labute approximate surface area is 88.1 Å². The molecule has 0 amide bonds. The molecule has 0 heterocycles. The van der Waals surface area contributed by atoms with Crippen LogP contribution in [0.4, 0.5) is 0 Å². The minimum Gasteiger partial charge on any atom is -0.392 e. The van der Waals surface area contributed by atoms with Crippen molar-refractivity contribution in [3.05, 3.63) is 0 Å². The Morgan fingerprint density at radius 1 is 1.14 bits per heavy atom. The van der Waals surface area contributed by atoms with Gasteiger partial charge in [0.25, 0.3) is 0 Å². The van der Waals surface area contributed by atoms with Gasteiger partial charge in [-0.05, 0) is 32.2 Å². The number of hydrogen-bond acceptors (Lipinski definition) is 2. The molecule has 2 nitrogen and oxygen atoms in total. The van der Waals surface area contributed by atoms with Crippen LogP contribution in [0.15, 0.2) is 0 Å². The van der Waals surface area contributed by atoms with E-state index in [1.165, 1.54) is 38.5 Å². The lowest BCUT2D eigenvalue weighted by molar-refractivity contribution is 0.149. The molecule has 1 aliphatic carbocycles. The molecule has 2 heteroatoms. The third kappa shape index (κ3) is 4.43. The van der Waals surface area contributed by atoms with Crippen LogP contribution in [0.5, 0.6) is 0 Å². The molecule has 0 unspecified atom stereocenters. The highest BCUT2D eigenvalue weighted by Crippen LogP contribution is 2.18. The monoisotopic (exact) mass is 199 g/mol. The van der Waals surface area contributed by atoms with Crippen LogP contribution in [0.1, 0.15) is 58.3 Å². The van der Waals surface area contributed by atoms with Crippen molar-refractivity contribution < 1.29 is 5.11 Å². The van der Waals surface area contributed by atoms with Crippen LogP contribution in [-0.4, -0.2) is 23.8 Å². The van der Waals surface area contributed by atoms with Crippen LogP contribution in [0.2, 0.25) is 0 Å². The van der Waals surface area contributed by atoms with Crippen molar-refractivity contribution in [2.45, 2.75) is 70.4 Å². The summed E-state index contributed by atoms with van der Waals surface area (Å²) in [5, 5.41) is 13.0. The molecule has 0 aromatic carbocycles. The van der Waals surface area contributed by atoms with Crippen LogP contribution in [0.25, 0.3) is 0 Å². The third-order valence-corrected chi connectivity index (χ3v) is 3.17. The minimum atomic E-state index is -0.0781. The van der Waals surface area contributed by atoms with E-state index >= 15 is 0 Å². The van der Waals surface area contributed by atoms with Crippen molar-refractivity contribution >= 4 is 0 Å². The molecular weight excluding hydrogens is 174 g/mol. The molecule has 0 aliphatic heterocycles. The van der Waals surface area contributed by atoms with E-state index in [-0.39, 0.29) is 6.10 Å². The van der Waals surface area contributed by atoms with E-state index in [4.69, 9.17) is 0 Å². The molecule has 2 atom stereocenters. The molecule has 1 aliphatic rings. The molecule has 1 fully saturated rings. The third-order valence-electron chi connectivity index (χ3n) is 3.17. The van der Waals surface area contributed by atoms with Crippen molar-refractivity contribution in [2.75, 3.05) is 6.54 Å². The van der Waals surface area contributed by atoms with Crippen molar-refractivity contribution in [1.82, 2.24) is 5.32 Å². The zero-order valence-electron chi connectivity index (χ0n) is 9.47. The summed E-state index contributed by atoms with van der Waals surface area (Å²) >= 11 is 0. The molecule has 14 heavy (non-hydrogen) atoms. The first-order chi connectivity index (χ1) is 6.84. The summed E-state index contributed by atoms with van der Waals surface area (Å²) < 4.78 is 0. The van der Waals surface area contributed by atoms with Gasteiger partial charge >= 0.3 is 0 Å². The average molecular weight is 199 g/mol. The Morgan fingerprint density at radius 3 is 2.57 bits per heavy atom. The first kappa shape index (κ1) is 12.0. The van der Waals surface area contributed by atoms with Gasteiger partial charge in [0.1, 0.15) is 0 Å². The lowest BCUT2D eigenvalue weighted by atomic mass is 10.1. The van der Waals surface area contributed by atoms with Crippen molar-refractivity contribution in [3.63, 3.8) is 0 Å². The lowest BCUT2D eigenvalue weighted by Gasteiger charge is -2.15. The second-order valence-corrected chi connectivity index (χ2v) is 4.47. The van der Waals surface area contributed by atoms with Gasteiger partial charge in [0.2, 0.25) is 0 Å². The van der Waals surface area contributed by atoms with Gasteiger partial charge in [-0.15, -0.1) is 0 Å². The molecule has 0 radical (unpaired) electrons. The predicted molar refractivity (Wildman–Crippen MR) is 60.4 cm³/mol. The normalized spacial score (nSPS) is 27.0. The molecule has 0 saturated heterocycles. The molecule has 0 aromatic rings. The van der Waals surface area contributed by atoms with Gasteiger partial charge in [0.15, 0.2) is 0 Å². The fraction of sp³-hybridized carbons (Fsp3) is 1.00. The summed E-state index contributed by atoms with van der Waals surface area (Å²) in [6.45, 7) is 3.33. The topological polar surface area (TPSA) is 32.3 Å². The quantitative estimate of drug-likeness (QED) is 0.617. The maximum absolute atomic E-state index is 9.57. The minimum absolute atomic E-state index is 0.0781. The Hall–Kier alpha value is -0.0800. The highest BCUT2D eigenvalue weighted by atomic mass is 16.3. The van der Waals surface area contributed by atoms with Gasteiger partial charge in [0.05, 0.1) is 6.10 Å². The summed E-state index contributed by atoms with van der Waals surface area (Å²) in [6, 6.07) is 0.390. The molecule has 2 N–H and O–H groups in total. The van der Waals surface area contributed by atoms with E-state index < -0.39 is 0 Å². The number of hydrogen-bond donors (Lipinski definition) is 2. The Balaban J connectivity index is 1.88. The lowest BCUT2D eigenvalue weighted by Crippen LogP contribution is -2.36. The molecule has 0 spiro atoms. The number of rotatable bonds is 7. The van der Waals surface area contributed by atoms with Gasteiger partial charge in [-0.25, -0.2) is 0 Å². The maximum atomic E-state index is 9.57. The van der Waals surface area contributed by atoms with Gasteiger partial charge in [-0.2, -0.15) is 0 Å². The van der Waals surface area contributed by atoms with Gasteiger partial charge < -0.3 is 10.4 Å². The highest BCUT2D eigenvalue weighted by Gasteiger charge is 2.23. The van der Waals surface area contributed by atoms with Gasteiger partial charge in [-0.1, -0.05) is 32.6 Å². The fourth-order valence-corrected chi connectivity index (χ4v) is 2.19. The molecule has 84 valence electrons. The largest absolute Gasteiger partial charge is 0.392 e. The van der Waals surface area contributed by atoms with Crippen molar-refractivity contribution in [3.8, 4) is 0 Å². The van der Waals surface area contributed by atoms with Crippen molar-refractivity contribution in [2.24, 2.45) is 0 Å². The fourth-order valence-electron chi connectivity index (χ4n) is 2.19. The summed E-state index contributed by atoms with van der Waals surface area (Å²) in [4.78, 5) is 0. The molecule has 0 aromatic heterocycles. The number of unbranched alkanes of at least 4 members (excludes halogenated alkanes) is 4. The summed E-state index contributed by atoms with van der Waals surface area (Å²) in [6.07, 6.45) is 9.92. The number of nitrogens with one attached hydrogen (secondary N) is 1. The Bertz CT molecular complexity index is 138. The average Bonchev–Trinajstić information content (AvgIpc) is 2.58. The number of aliphatic hydroxyl groups is 1. The second kappa shape index (κ2) is 7.24. The van der Waals surface area contributed by atoms with E-state index in [2.05, 4.69) is 12.2 Å². The number of aliphatic hydroxyl groups excluding tert-OH is 1. The van der Waals surface area contributed by atoms with Crippen LogP contribution in [-0.2, 0) is 0 Å². The van der Waals surface area contributed by atoms with Crippen LogP contribution in [0, 0.1) is 0 Å². The second-order valence-electron chi connectivity index (χ2n) is 4.47. The Kier molecular flexibility index (Phi) is 6.20. The summed E-state index contributed by atoms with van der Waals surface area (Å²) in [5.41, 5.74) is 0. The van der Waals surface area contributed by atoms with Crippen LogP contribution < -0.4 is 5.32 Å². The maximum Gasteiger partial charge on any atom is 0.0693 e. The van der Waals surface area contributed by atoms with E-state index in [1.807, 2.05) is 0 Å². The van der Waals surface area contributed by atoms with E-state index in [1.54, 1.807) is 0 Å². The first-order valence-electron chi connectivity index (χ1n) is 6.26. The predicted octanol–water partition coefficient (Wildman–Crippen LogP) is 2.46. The summed E-state index contributed by atoms with van der Waals surface area (Å²) in [5.74, 6) is 0. The molecule has 1 saturated carbocycles. The van der Waals surface area contributed by atoms with E-state index in [0.29, 0.717) is 6.04 Å². The highest BCUT2D eigenvalue weighted by molar-refractivity contribution is 4.82. The van der Waals surface area contributed by atoms with Crippen LogP contribution in [0.3, 0.4) is 0 Å². The van der Waals surface area contributed by atoms with Gasteiger partial charge in [0, 0.05) is 6.04 Å². The SMILES string of the molecule is CCCCCCCN[C@@H]1CCC[C@H]1O.